The third-order valence-corrected chi connectivity index (χ3v) is 7.43. The maximum Gasteiger partial charge on any atom is 0.243 e. The van der Waals surface area contributed by atoms with Crippen LogP contribution in [0.2, 0.25) is 0 Å². The van der Waals surface area contributed by atoms with Gasteiger partial charge in [-0.3, -0.25) is 9.59 Å². The van der Waals surface area contributed by atoms with Crippen LogP contribution in [-0.4, -0.2) is 57.7 Å². The van der Waals surface area contributed by atoms with Gasteiger partial charge < -0.3 is 29.2 Å². The Balaban J connectivity index is 1.60. The fraction of sp³-hybridized carbons (Fsp3) is 0.278. The molecule has 0 spiro atoms. The van der Waals surface area contributed by atoms with E-state index in [4.69, 9.17) is 18.9 Å². The van der Waals surface area contributed by atoms with Crippen LogP contribution in [0, 0.1) is 0 Å². The van der Waals surface area contributed by atoms with Gasteiger partial charge in [0.25, 0.3) is 0 Å². The van der Waals surface area contributed by atoms with Crippen LogP contribution in [0.4, 0.5) is 0 Å². The van der Waals surface area contributed by atoms with Gasteiger partial charge in [0.2, 0.25) is 11.8 Å². The van der Waals surface area contributed by atoms with Gasteiger partial charge in [-0.05, 0) is 52.9 Å². The van der Waals surface area contributed by atoms with E-state index in [0.717, 1.165) is 22.3 Å². The summed E-state index contributed by atoms with van der Waals surface area (Å²) in [5, 5.41) is 3.09. The second kappa shape index (κ2) is 16.0. The maximum absolute atomic E-state index is 14.1. The number of rotatable bonds is 15. The van der Waals surface area contributed by atoms with Crippen molar-refractivity contribution in [3.8, 4) is 23.0 Å². The molecule has 230 valence electrons. The average Bonchev–Trinajstić information content (AvgIpc) is 3.06. The number of nitrogens with zero attached hydrogens (tertiary/aromatic N) is 1. The molecule has 0 heterocycles. The molecular formula is C36H40N2O6. The minimum Gasteiger partial charge on any atom is -0.493 e. The Bertz CT molecular complexity index is 1510. The molecule has 0 saturated heterocycles. The molecule has 0 aliphatic rings. The van der Waals surface area contributed by atoms with Crippen molar-refractivity contribution in [1.82, 2.24) is 10.2 Å². The number of methoxy groups -OCH3 is 4. The monoisotopic (exact) mass is 596 g/mol. The lowest BCUT2D eigenvalue weighted by molar-refractivity contribution is -0.140. The molecule has 8 heteroatoms. The number of hydrogen-bond donors (Lipinski definition) is 1. The summed E-state index contributed by atoms with van der Waals surface area (Å²) in [4.78, 5) is 29.7. The van der Waals surface area contributed by atoms with Crippen molar-refractivity contribution in [1.29, 1.82) is 0 Å². The van der Waals surface area contributed by atoms with E-state index < -0.39 is 6.04 Å². The van der Waals surface area contributed by atoms with Crippen LogP contribution in [0.25, 0.3) is 0 Å². The van der Waals surface area contributed by atoms with Crippen molar-refractivity contribution < 1.29 is 28.5 Å². The van der Waals surface area contributed by atoms with Gasteiger partial charge in [0.05, 0.1) is 34.9 Å². The fourth-order valence-corrected chi connectivity index (χ4v) is 5.08. The smallest absolute Gasteiger partial charge is 0.243 e. The van der Waals surface area contributed by atoms with Crippen molar-refractivity contribution in [2.45, 2.75) is 31.8 Å². The van der Waals surface area contributed by atoms with Crippen LogP contribution in [0.5, 0.6) is 23.0 Å². The second-order valence-corrected chi connectivity index (χ2v) is 10.3. The van der Waals surface area contributed by atoms with E-state index in [1.54, 1.807) is 45.5 Å². The highest BCUT2D eigenvalue weighted by Gasteiger charge is 2.30. The first-order valence-corrected chi connectivity index (χ1v) is 14.5. The Kier molecular flexibility index (Phi) is 11.6. The predicted octanol–water partition coefficient (Wildman–Crippen LogP) is 5.26. The van der Waals surface area contributed by atoms with Crippen molar-refractivity contribution >= 4 is 11.8 Å². The third-order valence-electron chi connectivity index (χ3n) is 7.43. The summed E-state index contributed by atoms with van der Waals surface area (Å²) in [6, 6.07) is 29.9. The van der Waals surface area contributed by atoms with Gasteiger partial charge in [-0.15, -0.1) is 0 Å². The standard InChI is InChI=1S/C36H40N2O6/c1-41-31-17-15-27(22-33(31)43-3)19-20-37-36(40)30(21-26-11-7-5-8-12-26)38(25-28-13-9-6-10-14-28)35(39)24-29-16-18-32(42-2)34(23-29)44-4/h5-18,22-23,30H,19-21,24-25H2,1-4H3,(H,37,40)/t30-/m0/s1. The minimum atomic E-state index is -0.740. The van der Waals surface area contributed by atoms with E-state index >= 15 is 0 Å². The lowest BCUT2D eigenvalue weighted by Crippen LogP contribution is -2.51. The van der Waals surface area contributed by atoms with Gasteiger partial charge in [-0.2, -0.15) is 0 Å². The summed E-state index contributed by atoms with van der Waals surface area (Å²) >= 11 is 0. The molecule has 1 atom stereocenters. The number of nitrogens with one attached hydrogen (secondary N) is 1. The van der Waals surface area contributed by atoms with Crippen molar-refractivity contribution in [3.63, 3.8) is 0 Å². The Morgan fingerprint density at radius 2 is 1.16 bits per heavy atom. The van der Waals surface area contributed by atoms with E-state index in [9.17, 15) is 9.59 Å². The number of benzene rings is 4. The van der Waals surface area contributed by atoms with E-state index in [2.05, 4.69) is 5.32 Å². The summed E-state index contributed by atoms with van der Waals surface area (Å²) in [5.41, 5.74) is 3.65. The zero-order valence-corrected chi connectivity index (χ0v) is 25.7. The molecule has 4 rings (SSSR count). The summed E-state index contributed by atoms with van der Waals surface area (Å²) < 4.78 is 21.6. The molecular weight excluding hydrogens is 556 g/mol. The molecule has 0 unspecified atom stereocenters. The van der Waals surface area contributed by atoms with E-state index in [-0.39, 0.29) is 24.8 Å². The normalized spacial score (nSPS) is 11.3. The number of amides is 2. The molecule has 1 N–H and O–H groups in total. The fourth-order valence-electron chi connectivity index (χ4n) is 5.08. The number of carbonyl (C=O) groups is 2. The van der Waals surface area contributed by atoms with Crippen LogP contribution in [0.3, 0.4) is 0 Å². The largest absolute Gasteiger partial charge is 0.493 e. The molecule has 0 aromatic heterocycles. The minimum absolute atomic E-state index is 0.0946. The second-order valence-electron chi connectivity index (χ2n) is 10.3. The highest BCUT2D eigenvalue weighted by Crippen LogP contribution is 2.29. The summed E-state index contributed by atoms with van der Waals surface area (Å²) in [6.45, 7) is 0.677. The summed E-state index contributed by atoms with van der Waals surface area (Å²) in [7, 11) is 6.33. The molecule has 0 aliphatic heterocycles. The number of carbonyl (C=O) groups excluding carboxylic acids is 2. The van der Waals surface area contributed by atoms with Gasteiger partial charge in [0, 0.05) is 19.5 Å². The van der Waals surface area contributed by atoms with E-state index in [0.29, 0.717) is 42.4 Å². The zero-order valence-electron chi connectivity index (χ0n) is 25.7. The maximum atomic E-state index is 14.1. The first kappa shape index (κ1) is 31.9. The molecule has 0 radical (unpaired) electrons. The Hall–Kier alpha value is -4.98. The lowest BCUT2D eigenvalue weighted by Gasteiger charge is -2.32. The van der Waals surface area contributed by atoms with Gasteiger partial charge in [0.1, 0.15) is 6.04 Å². The Morgan fingerprint density at radius 3 is 1.73 bits per heavy atom. The average molecular weight is 597 g/mol. The molecule has 2 amide bonds. The Labute approximate surface area is 259 Å². The summed E-state index contributed by atoms with van der Waals surface area (Å²) in [5.74, 6) is 2.02. The van der Waals surface area contributed by atoms with Gasteiger partial charge in [-0.25, -0.2) is 0 Å². The zero-order chi connectivity index (χ0) is 31.3. The SMILES string of the molecule is COc1ccc(CCNC(=O)[C@H](Cc2ccccc2)N(Cc2ccccc2)C(=O)Cc2ccc(OC)c(OC)c2)cc1OC. The molecule has 0 aliphatic carbocycles. The van der Waals surface area contributed by atoms with E-state index in [1.807, 2.05) is 84.9 Å². The van der Waals surface area contributed by atoms with Crippen LogP contribution in [-0.2, 0) is 35.4 Å². The molecule has 0 saturated carbocycles. The van der Waals surface area contributed by atoms with Crippen molar-refractivity contribution in [2.75, 3.05) is 35.0 Å². The molecule has 44 heavy (non-hydrogen) atoms. The highest BCUT2D eigenvalue weighted by atomic mass is 16.5. The molecule has 4 aromatic rings. The predicted molar refractivity (Wildman–Crippen MR) is 170 cm³/mol. The number of ether oxygens (including phenoxy) is 4. The highest BCUT2D eigenvalue weighted by molar-refractivity contribution is 5.89. The van der Waals surface area contributed by atoms with E-state index in [1.165, 1.54) is 0 Å². The van der Waals surface area contributed by atoms with Crippen LogP contribution in [0.1, 0.15) is 22.3 Å². The Morgan fingerprint density at radius 1 is 0.636 bits per heavy atom. The van der Waals surface area contributed by atoms with Crippen molar-refractivity contribution in [3.05, 3.63) is 119 Å². The van der Waals surface area contributed by atoms with Crippen LogP contribution in [0.15, 0.2) is 97.1 Å². The van der Waals surface area contributed by atoms with Gasteiger partial charge >= 0.3 is 0 Å². The number of hydrogen-bond acceptors (Lipinski definition) is 6. The topological polar surface area (TPSA) is 86.3 Å². The van der Waals surface area contributed by atoms with Gasteiger partial charge in [-0.1, -0.05) is 72.8 Å². The first-order valence-electron chi connectivity index (χ1n) is 14.5. The first-order chi connectivity index (χ1) is 21.4. The molecule has 0 fully saturated rings. The van der Waals surface area contributed by atoms with Gasteiger partial charge in [0.15, 0.2) is 23.0 Å². The summed E-state index contributed by atoms with van der Waals surface area (Å²) in [6.07, 6.45) is 1.05. The third kappa shape index (κ3) is 8.53. The lowest BCUT2D eigenvalue weighted by atomic mass is 10.0. The molecule has 0 bridgehead atoms. The van der Waals surface area contributed by atoms with Crippen LogP contribution < -0.4 is 24.3 Å². The van der Waals surface area contributed by atoms with Crippen LogP contribution >= 0.6 is 0 Å². The molecule has 4 aromatic carbocycles. The molecule has 8 nitrogen and oxygen atoms in total. The van der Waals surface area contributed by atoms with Crippen molar-refractivity contribution in [2.24, 2.45) is 0 Å². The quantitative estimate of drug-likeness (QED) is 0.202.